The lowest BCUT2D eigenvalue weighted by atomic mass is 9.51. The zero-order valence-electron chi connectivity index (χ0n) is 10.6. The summed E-state index contributed by atoms with van der Waals surface area (Å²) in [5.74, 6) is 6.19. The molecular weight excluding hydrogens is 204 g/mol. The predicted octanol–water partition coefficient (Wildman–Crippen LogP) is 4.34. The van der Waals surface area contributed by atoms with Crippen molar-refractivity contribution in [2.45, 2.75) is 44.9 Å². The van der Waals surface area contributed by atoms with Crippen LogP contribution in [0.4, 0.5) is 0 Å². The summed E-state index contributed by atoms with van der Waals surface area (Å²) in [6.07, 6.45) is 15.9. The summed E-state index contributed by atoms with van der Waals surface area (Å²) in [7, 11) is 0. The third-order valence-corrected chi connectivity index (χ3v) is 6.85. The van der Waals surface area contributed by atoms with Crippen molar-refractivity contribution in [2.75, 3.05) is 0 Å². The first-order valence-corrected chi connectivity index (χ1v) is 7.84. The molecule has 0 aliphatic heterocycles. The van der Waals surface area contributed by atoms with Crippen molar-refractivity contribution in [3.8, 4) is 0 Å². The molecular formula is C17H22. The molecule has 6 unspecified atom stereocenters. The predicted molar refractivity (Wildman–Crippen MR) is 69.4 cm³/mol. The van der Waals surface area contributed by atoms with E-state index in [0.29, 0.717) is 0 Å². The van der Waals surface area contributed by atoms with Crippen molar-refractivity contribution in [3.63, 3.8) is 0 Å². The van der Waals surface area contributed by atoms with E-state index < -0.39 is 0 Å². The fraction of sp³-hybridized carbons (Fsp3) is 0.765. The van der Waals surface area contributed by atoms with Gasteiger partial charge in [0.05, 0.1) is 0 Å². The smallest absolute Gasteiger partial charge is 0.00111 e. The van der Waals surface area contributed by atoms with Gasteiger partial charge in [0.2, 0.25) is 0 Å². The molecule has 3 saturated carbocycles. The lowest BCUT2D eigenvalue weighted by Crippen LogP contribution is -2.44. The van der Waals surface area contributed by atoms with E-state index in [2.05, 4.69) is 12.2 Å². The molecule has 0 heteroatoms. The highest BCUT2D eigenvalue weighted by Gasteiger charge is 2.50. The van der Waals surface area contributed by atoms with Crippen molar-refractivity contribution >= 4 is 0 Å². The second-order valence-electron chi connectivity index (χ2n) is 7.24. The molecule has 17 heavy (non-hydrogen) atoms. The fourth-order valence-corrected chi connectivity index (χ4v) is 6.29. The highest BCUT2D eigenvalue weighted by atomic mass is 14.6. The molecule has 6 rings (SSSR count). The zero-order chi connectivity index (χ0) is 11.0. The van der Waals surface area contributed by atoms with E-state index in [0.717, 1.165) is 35.5 Å². The minimum Gasteiger partial charge on any atom is -0.0770 e. The largest absolute Gasteiger partial charge is 0.0770 e. The van der Waals surface area contributed by atoms with Crippen molar-refractivity contribution in [1.82, 2.24) is 0 Å². The molecule has 0 radical (unpaired) electrons. The van der Waals surface area contributed by atoms with Crippen molar-refractivity contribution in [1.29, 1.82) is 0 Å². The summed E-state index contributed by atoms with van der Waals surface area (Å²) in [6, 6.07) is 0. The van der Waals surface area contributed by atoms with Gasteiger partial charge in [0.1, 0.15) is 0 Å². The van der Waals surface area contributed by atoms with Crippen LogP contribution in [0.2, 0.25) is 0 Å². The molecule has 0 aromatic rings. The van der Waals surface area contributed by atoms with Crippen LogP contribution in [0.25, 0.3) is 0 Å². The van der Waals surface area contributed by atoms with Crippen molar-refractivity contribution in [2.24, 2.45) is 35.5 Å². The molecule has 0 spiro atoms. The Morgan fingerprint density at radius 2 is 1.82 bits per heavy atom. The average molecular weight is 226 g/mol. The van der Waals surface area contributed by atoms with Crippen LogP contribution in [0, 0.1) is 35.5 Å². The van der Waals surface area contributed by atoms with Gasteiger partial charge in [-0.25, -0.2) is 0 Å². The summed E-state index contributed by atoms with van der Waals surface area (Å²) in [5, 5.41) is 0. The number of hydrogen-bond acceptors (Lipinski definition) is 0. The Labute approximate surface area is 104 Å². The number of hydrogen-bond donors (Lipinski definition) is 0. The quantitative estimate of drug-likeness (QED) is 0.576. The molecule has 0 N–H and O–H groups in total. The summed E-state index contributed by atoms with van der Waals surface area (Å²) in [6.45, 7) is 0. The molecule has 0 heterocycles. The molecule has 0 nitrogen and oxygen atoms in total. The fourth-order valence-electron chi connectivity index (χ4n) is 6.29. The average Bonchev–Trinajstić information content (AvgIpc) is 2.77. The Balaban J connectivity index is 1.75. The van der Waals surface area contributed by atoms with E-state index in [1.165, 1.54) is 19.3 Å². The molecule has 6 atom stereocenters. The maximum atomic E-state index is 2.56. The van der Waals surface area contributed by atoms with Crippen LogP contribution in [-0.4, -0.2) is 0 Å². The van der Waals surface area contributed by atoms with Crippen LogP contribution in [0.15, 0.2) is 23.3 Å². The van der Waals surface area contributed by atoms with Crippen LogP contribution in [0.1, 0.15) is 44.9 Å². The number of fused-ring (bicyclic) bond motifs is 2. The van der Waals surface area contributed by atoms with Gasteiger partial charge in [-0.1, -0.05) is 17.7 Å². The van der Waals surface area contributed by atoms with Crippen LogP contribution < -0.4 is 0 Å². The van der Waals surface area contributed by atoms with Gasteiger partial charge in [-0.3, -0.25) is 0 Å². The van der Waals surface area contributed by atoms with Gasteiger partial charge in [-0.2, -0.15) is 0 Å². The van der Waals surface area contributed by atoms with Crippen LogP contribution in [0.3, 0.4) is 0 Å². The molecule has 6 aliphatic carbocycles. The van der Waals surface area contributed by atoms with E-state index >= 15 is 0 Å². The maximum absolute atomic E-state index is 2.56. The molecule has 0 aromatic carbocycles. The molecule has 90 valence electrons. The Morgan fingerprint density at radius 3 is 2.82 bits per heavy atom. The highest BCUT2D eigenvalue weighted by Crippen LogP contribution is 2.61. The second kappa shape index (κ2) is 3.08. The van der Waals surface area contributed by atoms with E-state index in [-0.39, 0.29) is 0 Å². The Bertz CT molecular complexity index is 427. The molecule has 0 aromatic heterocycles. The first-order chi connectivity index (χ1) is 8.42. The van der Waals surface area contributed by atoms with Crippen LogP contribution in [0.5, 0.6) is 0 Å². The number of allylic oxidation sites excluding steroid dienone is 4. The third kappa shape index (κ3) is 1.06. The van der Waals surface area contributed by atoms with E-state index in [1.54, 1.807) is 25.7 Å². The summed E-state index contributed by atoms with van der Waals surface area (Å²) in [5.41, 5.74) is 3.79. The second-order valence-corrected chi connectivity index (χ2v) is 7.24. The van der Waals surface area contributed by atoms with Crippen LogP contribution >= 0.6 is 0 Å². The first-order valence-electron chi connectivity index (χ1n) is 7.84. The van der Waals surface area contributed by atoms with Gasteiger partial charge < -0.3 is 0 Å². The lowest BCUT2D eigenvalue weighted by molar-refractivity contribution is 0.0221. The van der Waals surface area contributed by atoms with Gasteiger partial charge in [-0.05, 0) is 86.0 Å². The first kappa shape index (κ1) is 9.42. The van der Waals surface area contributed by atoms with Crippen molar-refractivity contribution < 1.29 is 0 Å². The van der Waals surface area contributed by atoms with Gasteiger partial charge in [0.25, 0.3) is 0 Å². The van der Waals surface area contributed by atoms with Gasteiger partial charge in [-0.15, -0.1) is 0 Å². The minimum absolute atomic E-state index is 0.877. The van der Waals surface area contributed by atoms with E-state index in [4.69, 9.17) is 0 Å². The molecule has 0 amide bonds. The van der Waals surface area contributed by atoms with Crippen LogP contribution in [-0.2, 0) is 0 Å². The maximum Gasteiger partial charge on any atom is -0.00111 e. The summed E-state index contributed by atoms with van der Waals surface area (Å²) < 4.78 is 0. The Hall–Kier alpha value is -0.520. The zero-order valence-corrected chi connectivity index (χ0v) is 10.6. The minimum atomic E-state index is 0.877. The SMILES string of the molecule is C1=CC2CCC3C4CCC5CC(CCC53)C1=C24. The number of rotatable bonds is 0. The summed E-state index contributed by atoms with van der Waals surface area (Å²) >= 11 is 0. The lowest BCUT2D eigenvalue weighted by Gasteiger charge is -2.54. The summed E-state index contributed by atoms with van der Waals surface area (Å²) in [4.78, 5) is 0. The van der Waals surface area contributed by atoms with E-state index in [9.17, 15) is 0 Å². The Kier molecular flexibility index (Phi) is 1.70. The highest BCUT2D eigenvalue weighted by molar-refractivity contribution is 5.43. The molecule has 6 aliphatic rings. The van der Waals surface area contributed by atoms with Crippen molar-refractivity contribution in [3.05, 3.63) is 23.3 Å². The molecule has 3 fully saturated rings. The van der Waals surface area contributed by atoms with Gasteiger partial charge >= 0.3 is 0 Å². The normalized spacial score (nSPS) is 54.1. The van der Waals surface area contributed by atoms with Gasteiger partial charge in [0.15, 0.2) is 0 Å². The van der Waals surface area contributed by atoms with E-state index in [1.807, 2.05) is 11.1 Å². The van der Waals surface area contributed by atoms with Gasteiger partial charge in [0, 0.05) is 0 Å². The molecule has 6 bridgehead atoms. The monoisotopic (exact) mass is 226 g/mol. The third-order valence-electron chi connectivity index (χ3n) is 6.85. The standard InChI is InChI=1S/C17H22/c1-6-14-12-3-5-13-11(9-12)4-8-16-15(13)7-2-10(1)17(14)16/h1,6,10-13,15-16H,2-5,7-9H2. The molecule has 0 saturated heterocycles. The topological polar surface area (TPSA) is 0 Å². The Morgan fingerprint density at radius 1 is 0.882 bits per heavy atom.